The van der Waals surface area contributed by atoms with E-state index < -0.39 is 11.0 Å². The number of anilines is 2. The van der Waals surface area contributed by atoms with E-state index in [2.05, 4.69) is 21.1 Å². The van der Waals surface area contributed by atoms with Gasteiger partial charge in [0.25, 0.3) is 0 Å². The molecule has 31 heavy (non-hydrogen) atoms. The topological polar surface area (TPSA) is 104 Å². The van der Waals surface area contributed by atoms with Gasteiger partial charge < -0.3 is 14.8 Å². The Balaban J connectivity index is 1.88. The second-order valence-electron chi connectivity index (χ2n) is 6.60. The van der Waals surface area contributed by atoms with Gasteiger partial charge in [0, 0.05) is 12.1 Å². The largest absolute Gasteiger partial charge is 0.495 e. The number of hydrogen-bond acceptors (Lipinski definition) is 6. The van der Waals surface area contributed by atoms with E-state index in [1.807, 2.05) is 25.1 Å². The number of hydrogen-bond donors (Lipinski definition) is 2. The second kappa shape index (κ2) is 10.2. The highest BCUT2D eigenvalue weighted by atomic mass is 32.2. The minimum absolute atomic E-state index is 0.0955. The number of carbonyl (C=O) groups excluding carboxylic acids is 1. The van der Waals surface area contributed by atoms with Crippen LogP contribution in [-0.4, -0.2) is 22.2 Å². The summed E-state index contributed by atoms with van der Waals surface area (Å²) in [5.74, 6) is 0.402. The molecule has 9 heteroatoms. The predicted octanol–water partition coefficient (Wildman–Crippen LogP) is 4.68. The van der Waals surface area contributed by atoms with Crippen LogP contribution in [0.25, 0.3) is 10.4 Å². The lowest BCUT2D eigenvalue weighted by Crippen LogP contribution is -2.08. The third-order valence-corrected chi connectivity index (χ3v) is 6.70. The highest BCUT2D eigenvalue weighted by molar-refractivity contribution is 7.86. The summed E-state index contributed by atoms with van der Waals surface area (Å²) in [7, 11) is -0.0456. The van der Waals surface area contributed by atoms with Crippen molar-refractivity contribution in [2.75, 3.05) is 17.1 Å². The first-order chi connectivity index (χ1) is 14.9. The van der Waals surface area contributed by atoms with Crippen molar-refractivity contribution in [2.45, 2.75) is 31.6 Å². The van der Waals surface area contributed by atoms with Crippen LogP contribution >= 0.6 is 11.3 Å². The minimum atomic E-state index is -1.58. The van der Waals surface area contributed by atoms with Crippen LogP contribution in [0.1, 0.15) is 24.6 Å². The molecular formula is C22H22N4O3S2. The van der Waals surface area contributed by atoms with Gasteiger partial charge in [-0.1, -0.05) is 30.4 Å². The summed E-state index contributed by atoms with van der Waals surface area (Å²) in [5, 5.41) is 12.1. The lowest BCUT2D eigenvalue weighted by Gasteiger charge is -2.12. The first kappa shape index (κ1) is 22.5. The van der Waals surface area contributed by atoms with Crippen LogP contribution in [0.2, 0.25) is 0 Å². The first-order valence-corrected chi connectivity index (χ1v) is 11.5. The molecule has 0 bridgehead atoms. The van der Waals surface area contributed by atoms with Gasteiger partial charge in [-0.15, -0.1) is 0 Å². The third-order valence-electron chi connectivity index (χ3n) is 4.44. The average Bonchev–Trinajstić information content (AvgIpc) is 3.14. The molecule has 3 rings (SSSR count). The Morgan fingerprint density at radius 2 is 2.00 bits per heavy atom. The fourth-order valence-electron chi connectivity index (χ4n) is 2.83. The minimum Gasteiger partial charge on any atom is -0.495 e. The quantitative estimate of drug-likeness (QED) is 0.514. The van der Waals surface area contributed by atoms with Crippen LogP contribution in [0.5, 0.6) is 5.75 Å². The molecule has 1 heterocycles. The van der Waals surface area contributed by atoms with Crippen LogP contribution in [0.4, 0.5) is 10.8 Å². The van der Waals surface area contributed by atoms with Crippen LogP contribution in [0, 0.1) is 18.3 Å². The number of nitrogens with one attached hydrogen (secondary N) is 2. The number of methoxy groups -OCH3 is 1. The predicted molar refractivity (Wildman–Crippen MR) is 124 cm³/mol. The Labute approximate surface area is 187 Å². The van der Waals surface area contributed by atoms with Gasteiger partial charge in [-0.3, -0.25) is 4.79 Å². The van der Waals surface area contributed by atoms with Crippen LogP contribution in [-0.2, 0) is 22.2 Å². The van der Waals surface area contributed by atoms with Crippen LogP contribution in [0.3, 0.4) is 0 Å². The highest BCUT2D eigenvalue weighted by Gasteiger charge is 2.17. The summed E-state index contributed by atoms with van der Waals surface area (Å²) in [6, 6.07) is 14.8. The zero-order valence-electron chi connectivity index (χ0n) is 17.4. The number of nitriles is 1. The Morgan fingerprint density at radius 1 is 1.26 bits per heavy atom. The highest BCUT2D eigenvalue weighted by Crippen LogP contribution is 2.36. The summed E-state index contributed by atoms with van der Waals surface area (Å²) in [5.41, 5.74) is 3.18. The molecule has 2 N–H and O–H groups in total. The van der Waals surface area contributed by atoms with E-state index in [-0.39, 0.29) is 5.91 Å². The van der Waals surface area contributed by atoms with Gasteiger partial charge in [0.2, 0.25) is 5.91 Å². The summed E-state index contributed by atoms with van der Waals surface area (Å²) >= 11 is 1.37. The van der Waals surface area contributed by atoms with Crippen molar-refractivity contribution in [2.24, 2.45) is 0 Å². The van der Waals surface area contributed by atoms with E-state index in [1.54, 1.807) is 31.2 Å². The number of ether oxygens (including phenoxy) is 1. The zero-order chi connectivity index (χ0) is 22.4. The van der Waals surface area contributed by atoms with Gasteiger partial charge >= 0.3 is 0 Å². The van der Waals surface area contributed by atoms with Crippen molar-refractivity contribution in [1.29, 1.82) is 5.26 Å². The first-order valence-electron chi connectivity index (χ1n) is 9.55. The zero-order valence-corrected chi connectivity index (χ0v) is 19.0. The monoisotopic (exact) mass is 454 g/mol. The van der Waals surface area contributed by atoms with Crippen LogP contribution in [0.15, 0.2) is 47.4 Å². The van der Waals surface area contributed by atoms with E-state index in [4.69, 9.17) is 10.00 Å². The lowest BCUT2D eigenvalue weighted by atomic mass is 10.1. The van der Waals surface area contributed by atoms with Gasteiger partial charge in [-0.05, 0) is 48.4 Å². The molecule has 1 aromatic heterocycles. The van der Waals surface area contributed by atoms with Gasteiger partial charge in [0.05, 0.1) is 30.2 Å². The summed E-state index contributed by atoms with van der Waals surface area (Å²) in [6.45, 7) is 3.65. The van der Waals surface area contributed by atoms with Gasteiger partial charge in [0.15, 0.2) is 16.1 Å². The summed E-state index contributed by atoms with van der Waals surface area (Å²) in [6.07, 6.45) is 0.705. The lowest BCUT2D eigenvalue weighted by molar-refractivity contribution is -0.115. The van der Waals surface area contributed by atoms with Crippen LogP contribution < -0.4 is 14.8 Å². The Hall–Kier alpha value is -3.22. The molecule has 1 unspecified atom stereocenters. The van der Waals surface area contributed by atoms with Crippen molar-refractivity contribution >= 4 is 39.0 Å². The molecule has 0 aliphatic heterocycles. The van der Waals surface area contributed by atoms with E-state index in [0.717, 1.165) is 21.7 Å². The number of carbonyl (C=O) groups is 1. The van der Waals surface area contributed by atoms with E-state index in [9.17, 15) is 9.00 Å². The number of nitrogens with zero attached hydrogens (tertiary/aromatic N) is 2. The smallest absolute Gasteiger partial charge is 0.225 e. The van der Waals surface area contributed by atoms with E-state index >= 15 is 0 Å². The van der Waals surface area contributed by atoms with E-state index in [0.29, 0.717) is 34.3 Å². The maximum Gasteiger partial charge on any atom is 0.225 e. The van der Waals surface area contributed by atoms with E-state index in [1.165, 1.54) is 18.4 Å². The van der Waals surface area contributed by atoms with Gasteiger partial charge in [-0.2, -0.15) is 5.26 Å². The Morgan fingerprint density at radius 3 is 2.65 bits per heavy atom. The fraction of sp³-hybridized carbons (Fsp3) is 0.227. The average molecular weight is 455 g/mol. The molecule has 1 amide bonds. The summed E-state index contributed by atoms with van der Waals surface area (Å²) in [4.78, 5) is 17.5. The third kappa shape index (κ3) is 5.48. The maximum atomic E-state index is 13.1. The molecule has 2 aromatic carbocycles. The number of amides is 1. The van der Waals surface area contributed by atoms with Crippen molar-refractivity contribution < 1.29 is 13.7 Å². The molecule has 0 fully saturated rings. The molecule has 0 saturated carbocycles. The van der Waals surface area contributed by atoms with Crippen molar-refractivity contribution in [3.8, 4) is 22.3 Å². The Bertz CT molecular complexity index is 1150. The Kier molecular flexibility index (Phi) is 7.39. The number of thiazole rings is 1. The fourth-order valence-corrected chi connectivity index (χ4v) is 4.84. The standard InChI is InChI=1S/C22H22N4O3S2/c1-4-20(27)25-22-24-14(2)21(30-22)16-7-10-18(29-3)19(13-16)31(28)26-17-8-5-15(6-9-17)11-12-23/h5-10,13,26H,4,11H2,1-3H3,(H,24,25,27). The molecule has 0 aliphatic carbocycles. The van der Waals surface area contributed by atoms with Gasteiger partial charge in [0.1, 0.15) is 10.6 Å². The van der Waals surface area contributed by atoms with Gasteiger partial charge in [-0.25, -0.2) is 9.19 Å². The molecule has 160 valence electrons. The summed E-state index contributed by atoms with van der Waals surface area (Å²) < 4.78 is 21.4. The number of rotatable bonds is 8. The SMILES string of the molecule is CCC(=O)Nc1nc(C)c(-c2ccc(OC)c(S(=O)Nc3ccc(CC#N)cc3)c2)s1. The van der Waals surface area contributed by atoms with Crippen molar-refractivity contribution in [3.63, 3.8) is 0 Å². The number of aryl methyl sites for hydroxylation is 1. The normalized spacial score (nSPS) is 11.4. The number of benzene rings is 2. The number of aromatic nitrogens is 1. The van der Waals surface area contributed by atoms with Crippen molar-refractivity contribution in [1.82, 2.24) is 4.98 Å². The van der Waals surface area contributed by atoms with Crippen molar-refractivity contribution in [3.05, 3.63) is 53.7 Å². The molecule has 0 radical (unpaired) electrons. The maximum absolute atomic E-state index is 13.1. The second-order valence-corrected chi connectivity index (χ2v) is 8.78. The molecule has 7 nitrogen and oxygen atoms in total. The molecule has 0 saturated heterocycles. The molecule has 1 atom stereocenters. The molecular weight excluding hydrogens is 432 g/mol. The molecule has 0 spiro atoms. The molecule has 3 aromatic rings. The molecule has 0 aliphatic rings.